The lowest BCUT2D eigenvalue weighted by Crippen LogP contribution is -1.99. The summed E-state index contributed by atoms with van der Waals surface area (Å²) in [5.41, 5.74) is 1.16. The minimum Gasteiger partial charge on any atom is -0.288 e. The number of carbonyl (C=O) groups excluding carboxylic acids is 1. The predicted molar refractivity (Wildman–Crippen MR) is 76.4 cm³/mol. The molecule has 0 amide bonds. The Morgan fingerprint density at radius 3 is 2.63 bits per heavy atom. The molecule has 0 saturated heterocycles. The van der Waals surface area contributed by atoms with Crippen LogP contribution >= 0.6 is 11.3 Å². The Morgan fingerprint density at radius 2 is 1.89 bits per heavy atom. The second-order valence-electron chi connectivity index (χ2n) is 4.49. The first-order chi connectivity index (χ1) is 9.13. The van der Waals surface area contributed by atoms with Crippen LogP contribution in [0.25, 0.3) is 10.1 Å². The first kappa shape index (κ1) is 12.1. The van der Waals surface area contributed by atoms with Crippen LogP contribution in [0.2, 0.25) is 0 Å². The Morgan fingerprint density at radius 1 is 1.11 bits per heavy atom. The summed E-state index contributed by atoms with van der Waals surface area (Å²) in [4.78, 5) is 13.0. The SMILES string of the molecule is Cc1cc(F)cc(C(=O)c2cc3ccccc3s2)c1. The first-order valence-electron chi connectivity index (χ1n) is 5.94. The van der Waals surface area contributed by atoms with Gasteiger partial charge in [0, 0.05) is 10.3 Å². The quantitative estimate of drug-likeness (QED) is 0.623. The number of thiophene rings is 1. The number of hydrogen-bond donors (Lipinski definition) is 0. The molecule has 2 aromatic carbocycles. The topological polar surface area (TPSA) is 17.1 Å². The van der Waals surface area contributed by atoms with Crippen molar-refractivity contribution in [3.63, 3.8) is 0 Å². The normalized spacial score (nSPS) is 10.8. The molecule has 3 rings (SSSR count). The maximum absolute atomic E-state index is 13.4. The van der Waals surface area contributed by atoms with Gasteiger partial charge < -0.3 is 0 Å². The molecule has 0 N–H and O–H groups in total. The van der Waals surface area contributed by atoms with E-state index in [-0.39, 0.29) is 11.6 Å². The zero-order chi connectivity index (χ0) is 13.4. The Bertz CT molecular complexity index is 720. The highest BCUT2D eigenvalue weighted by Crippen LogP contribution is 2.27. The summed E-state index contributed by atoms with van der Waals surface area (Å²) in [7, 11) is 0. The highest BCUT2D eigenvalue weighted by molar-refractivity contribution is 7.21. The molecule has 0 fully saturated rings. The summed E-state index contributed by atoms with van der Waals surface area (Å²) in [5.74, 6) is -0.492. The second kappa shape index (κ2) is 4.59. The van der Waals surface area contributed by atoms with Crippen molar-refractivity contribution >= 4 is 27.2 Å². The minimum absolute atomic E-state index is 0.121. The van der Waals surface area contributed by atoms with Gasteiger partial charge in [0.2, 0.25) is 5.78 Å². The van der Waals surface area contributed by atoms with E-state index in [4.69, 9.17) is 0 Å². The van der Waals surface area contributed by atoms with Crippen LogP contribution in [-0.4, -0.2) is 5.78 Å². The van der Waals surface area contributed by atoms with Crippen LogP contribution < -0.4 is 0 Å². The molecular weight excluding hydrogens is 259 g/mol. The smallest absolute Gasteiger partial charge is 0.203 e. The van der Waals surface area contributed by atoms with E-state index in [1.165, 1.54) is 23.5 Å². The zero-order valence-corrected chi connectivity index (χ0v) is 11.1. The highest BCUT2D eigenvalue weighted by atomic mass is 32.1. The number of fused-ring (bicyclic) bond motifs is 1. The van der Waals surface area contributed by atoms with Crippen LogP contribution in [0.1, 0.15) is 20.8 Å². The fraction of sp³-hybridized carbons (Fsp3) is 0.0625. The van der Waals surface area contributed by atoms with Gasteiger partial charge >= 0.3 is 0 Å². The van der Waals surface area contributed by atoms with Crippen LogP contribution in [0, 0.1) is 12.7 Å². The van der Waals surface area contributed by atoms with Crippen LogP contribution in [0.4, 0.5) is 4.39 Å². The van der Waals surface area contributed by atoms with Crippen molar-refractivity contribution in [2.24, 2.45) is 0 Å². The number of carbonyl (C=O) groups is 1. The van der Waals surface area contributed by atoms with E-state index in [0.717, 1.165) is 15.6 Å². The van der Waals surface area contributed by atoms with Gasteiger partial charge in [-0.15, -0.1) is 11.3 Å². The van der Waals surface area contributed by atoms with E-state index in [9.17, 15) is 9.18 Å². The van der Waals surface area contributed by atoms with Crippen molar-refractivity contribution in [3.05, 3.63) is 70.4 Å². The van der Waals surface area contributed by atoms with E-state index in [1.54, 1.807) is 13.0 Å². The van der Waals surface area contributed by atoms with Crippen molar-refractivity contribution in [3.8, 4) is 0 Å². The van der Waals surface area contributed by atoms with Crippen LogP contribution in [0.3, 0.4) is 0 Å². The van der Waals surface area contributed by atoms with Gasteiger partial charge in [0.15, 0.2) is 0 Å². The molecule has 0 bridgehead atoms. The van der Waals surface area contributed by atoms with Gasteiger partial charge in [0.25, 0.3) is 0 Å². The molecule has 1 nitrogen and oxygen atoms in total. The minimum atomic E-state index is -0.371. The lowest BCUT2D eigenvalue weighted by molar-refractivity contribution is 0.104. The Balaban J connectivity index is 2.07. The monoisotopic (exact) mass is 270 g/mol. The molecule has 0 aliphatic carbocycles. The number of aryl methyl sites for hydroxylation is 1. The highest BCUT2D eigenvalue weighted by Gasteiger charge is 2.13. The third-order valence-electron chi connectivity index (χ3n) is 2.95. The summed E-state index contributed by atoms with van der Waals surface area (Å²) in [6.07, 6.45) is 0. The molecule has 0 spiro atoms. The number of halogens is 1. The molecule has 0 unspecified atom stereocenters. The standard InChI is InChI=1S/C16H11FOS/c1-10-6-12(8-13(17)7-10)16(18)15-9-11-4-2-3-5-14(11)19-15/h2-9H,1H3. The van der Waals surface area contributed by atoms with Crippen molar-refractivity contribution in [2.45, 2.75) is 6.92 Å². The van der Waals surface area contributed by atoms with Crippen LogP contribution in [0.5, 0.6) is 0 Å². The fourth-order valence-electron chi connectivity index (χ4n) is 2.10. The van der Waals surface area contributed by atoms with Gasteiger partial charge in [-0.25, -0.2) is 4.39 Å². The molecule has 0 aliphatic heterocycles. The Kier molecular flexibility index (Phi) is 2.91. The van der Waals surface area contributed by atoms with E-state index >= 15 is 0 Å². The predicted octanol–water partition coefficient (Wildman–Crippen LogP) is 4.58. The summed E-state index contributed by atoms with van der Waals surface area (Å²) in [5, 5.41) is 1.05. The van der Waals surface area contributed by atoms with E-state index in [2.05, 4.69) is 0 Å². The number of rotatable bonds is 2. The molecule has 3 aromatic rings. The van der Waals surface area contributed by atoms with Gasteiger partial charge in [-0.3, -0.25) is 4.79 Å². The molecule has 1 heterocycles. The van der Waals surface area contributed by atoms with Crippen LogP contribution in [0.15, 0.2) is 48.5 Å². The molecule has 0 saturated carbocycles. The number of hydrogen-bond acceptors (Lipinski definition) is 2. The summed E-state index contributed by atoms with van der Waals surface area (Å²) >= 11 is 1.44. The average Bonchev–Trinajstić information content (AvgIpc) is 2.80. The molecule has 3 heteroatoms. The van der Waals surface area contributed by atoms with E-state index in [0.29, 0.717) is 10.4 Å². The van der Waals surface area contributed by atoms with Crippen molar-refractivity contribution < 1.29 is 9.18 Å². The molecule has 94 valence electrons. The van der Waals surface area contributed by atoms with Gasteiger partial charge in [0.05, 0.1) is 4.88 Å². The fourth-order valence-corrected chi connectivity index (χ4v) is 3.13. The third kappa shape index (κ3) is 2.29. The molecule has 19 heavy (non-hydrogen) atoms. The van der Waals surface area contributed by atoms with Crippen molar-refractivity contribution in [2.75, 3.05) is 0 Å². The van der Waals surface area contributed by atoms with Gasteiger partial charge in [-0.1, -0.05) is 18.2 Å². The molecule has 1 aromatic heterocycles. The maximum atomic E-state index is 13.4. The third-order valence-corrected chi connectivity index (χ3v) is 4.07. The molecular formula is C16H11FOS. The first-order valence-corrected chi connectivity index (χ1v) is 6.75. The number of ketones is 1. The lowest BCUT2D eigenvalue weighted by Gasteiger charge is -2.00. The molecule has 0 atom stereocenters. The Labute approximate surface area is 114 Å². The summed E-state index contributed by atoms with van der Waals surface area (Å²) < 4.78 is 14.4. The van der Waals surface area contributed by atoms with Crippen molar-refractivity contribution in [1.82, 2.24) is 0 Å². The molecule has 0 aliphatic rings. The molecule has 0 radical (unpaired) electrons. The summed E-state index contributed by atoms with van der Waals surface area (Å²) in [6.45, 7) is 1.78. The van der Waals surface area contributed by atoms with E-state index < -0.39 is 0 Å². The van der Waals surface area contributed by atoms with Crippen LogP contribution in [-0.2, 0) is 0 Å². The Hall–Kier alpha value is -2.00. The van der Waals surface area contributed by atoms with Gasteiger partial charge in [-0.05, 0) is 48.2 Å². The number of benzene rings is 2. The lowest BCUT2D eigenvalue weighted by atomic mass is 10.1. The van der Waals surface area contributed by atoms with Gasteiger partial charge in [-0.2, -0.15) is 0 Å². The second-order valence-corrected chi connectivity index (χ2v) is 5.58. The average molecular weight is 270 g/mol. The van der Waals surface area contributed by atoms with Crippen molar-refractivity contribution in [1.29, 1.82) is 0 Å². The van der Waals surface area contributed by atoms with E-state index in [1.807, 2.05) is 30.3 Å². The summed E-state index contributed by atoms with van der Waals surface area (Å²) in [6, 6.07) is 14.1. The van der Waals surface area contributed by atoms with Gasteiger partial charge in [0.1, 0.15) is 5.82 Å². The largest absolute Gasteiger partial charge is 0.288 e. The maximum Gasteiger partial charge on any atom is 0.203 e. The zero-order valence-electron chi connectivity index (χ0n) is 10.3.